The van der Waals surface area contributed by atoms with Crippen molar-refractivity contribution in [1.82, 2.24) is 19.5 Å². The Bertz CT molecular complexity index is 740. The normalized spacial score (nSPS) is 11.8. The van der Waals surface area contributed by atoms with Crippen LogP contribution in [0.3, 0.4) is 0 Å². The molecule has 0 saturated carbocycles. The Hall–Kier alpha value is -1.44. The van der Waals surface area contributed by atoms with Crippen LogP contribution in [0.2, 0.25) is 5.15 Å². The molecular weight excluding hydrogens is 300 g/mol. The molecule has 20 heavy (non-hydrogen) atoms. The molecule has 6 nitrogen and oxygen atoms in total. The number of rotatable bonds is 4. The maximum Gasteiger partial charge on any atom is 0.243 e. The van der Waals surface area contributed by atoms with Crippen LogP contribution in [-0.4, -0.2) is 23.2 Å². The van der Waals surface area contributed by atoms with Crippen LogP contribution in [0.15, 0.2) is 23.2 Å². The SMILES string of the molecule is Cc1nn(C)c(C)c1CNS(=O)(=O)c1cccnc1Cl. The number of halogens is 1. The second-order valence-electron chi connectivity index (χ2n) is 4.39. The van der Waals surface area contributed by atoms with E-state index in [0.29, 0.717) is 0 Å². The number of aromatic nitrogens is 3. The predicted molar refractivity (Wildman–Crippen MR) is 76.0 cm³/mol. The molecule has 2 heterocycles. The lowest BCUT2D eigenvalue weighted by Gasteiger charge is -2.08. The quantitative estimate of drug-likeness (QED) is 0.869. The van der Waals surface area contributed by atoms with Crippen molar-refractivity contribution in [2.75, 3.05) is 0 Å². The number of nitrogens with zero attached hydrogens (tertiary/aromatic N) is 3. The summed E-state index contributed by atoms with van der Waals surface area (Å²) in [6, 6.07) is 2.95. The second kappa shape index (κ2) is 5.51. The molecule has 0 aromatic carbocycles. The highest BCUT2D eigenvalue weighted by molar-refractivity contribution is 7.89. The zero-order valence-electron chi connectivity index (χ0n) is 11.4. The van der Waals surface area contributed by atoms with E-state index < -0.39 is 10.0 Å². The first-order valence-electron chi connectivity index (χ1n) is 5.92. The minimum Gasteiger partial charge on any atom is -0.272 e. The molecule has 0 spiro atoms. The van der Waals surface area contributed by atoms with Gasteiger partial charge in [-0.2, -0.15) is 5.10 Å². The van der Waals surface area contributed by atoms with Gasteiger partial charge in [0.25, 0.3) is 0 Å². The second-order valence-corrected chi connectivity index (χ2v) is 6.48. The Balaban J connectivity index is 2.24. The van der Waals surface area contributed by atoms with Crippen LogP contribution in [-0.2, 0) is 23.6 Å². The first-order valence-corrected chi connectivity index (χ1v) is 7.78. The first-order chi connectivity index (χ1) is 9.33. The fraction of sp³-hybridized carbons (Fsp3) is 0.333. The summed E-state index contributed by atoms with van der Waals surface area (Å²) in [5.74, 6) is 0. The topological polar surface area (TPSA) is 76.9 Å². The molecule has 0 unspecified atom stereocenters. The van der Waals surface area contributed by atoms with E-state index in [9.17, 15) is 8.42 Å². The van der Waals surface area contributed by atoms with E-state index in [1.807, 2.05) is 20.9 Å². The van der Waals surface area contributed by atoms with Gasteiger partial charge in [0.15, 0.2) is 0 Å². The van der Waals surface area contributed by atoms with Crippen molar-refractivity contribution in [3.63, 3.8) is 0 Å². The molecule has 2 rings (SSSR count). The third-order valence-electron chi connectivity index (χ3n) is 3.11. The number of aryl methyl sites for hydroxylation is 2. The van der Waals surface area contributed by atoms with Crippen molar-refractivity contribution < 1.29 is 8.42 Å². The molecule has 2 aromatic rings. The molecule has 0 amide bonds. The van der Waals surface area contributed by atoms with Crippen molar-refractivity contribution in [3.05, 3.63) is 40.4 Å². The molecule has 0 aliphatic carbocycles. The smallest absolute Gasteiger partial charge is 0.243 e. The Labute approximate surface area is 122 Å². The van der Waals surface area contributed by atoms with Gasteiger partial charge in [-0.3, -0.25) is 4.68 Å². The van der Waals surface area contributed by atoms with Gasteiger partial charge < -0.3 is 0 Å². The Morgan fingerprint density at radius 2 is 2.10 bits per heavy atom. The summed E-state index contributed by atoms with van der Waals surface area (Å²) >= 11 is 5.81. The summed E-state index contributed by atoms with van der Waals surface area (Å²) in [7, 11) is -1.88. The number of pyridine rings is 1. The van der Waals surface area contributed by atoms with Crippen LogP contribution in [0.4, 0.5) is 0 Å². The summed E-state index contributed by atoms with van der Waals surface area (Å²) in [4.78, 5) is 3.74. The Kier molecular flexibility index (Phi) is 4.12. The molecule has 0 radical (unpaired) electrons. The molecule has 108 valence electrons. The van der Waals surface area contributed by atoms with Gasteiger partial charge in [0, 0.05) is 31.0 Å². The fourth-order valence-corrected chi connectivity index (χ4v) is 3.34. The molecule has 0 bridgehead atoms. The Morgan fingerprint density at radius 1 is 1.40 bits per heavy atom. The molecule has 0 saturated heterocycles. The van der Waals surface area contributed by atoms with E-state index in [2.05, 4.69) is 14.8 Å². The highest BCUT2D eigenvalue weighted by atomic mass is 35.5. The number of hydrogen-bond acceptors (Lipinski definition) is 4. The lowest BCUT2D eigenvalue weighted by Crippen LogP contribution is -2.24. The van der Waals surface area contributed by atoms with Crippen molar-refractivity contribution in [1.29, 1.82) is 0 Å². The van der Waals surface area contributed by atoms with E-state index in [-0.39, 0.29) is 16.6 Å². The zero-order valence-corrected chi connectivity index (χ0v) is 13.0. The minimum absolute atomic E-state index is 0.0270. The fourth-order valence-electron chi connectivity index (χ4n) is 1.89. The van der Waals surface area contributed by atoms with Gasteiger partial charge in [0.1, 0.15) is 10.0 Å². The minimum atomic E-state index is -3.69. The monoisotopic (exact) mass is 314 g/mol. The van der Waals surface area contributed by atoms with Gasteiger partial charge in [-0.05, 0) is 26.0 Å². The highest BCUT2D eigenvalue weighted by Gasteiger charge is 2.19. The number of hydrogen-bond donors (Lipinski definition) is 1. The van der Waals surface area contributed by atoms with Crippen LogP contribution in [0.1, 0.15) is 17.0 Å². The number of sulfonamides is 1. The van der Waals surface area contributed by atoms with Gasteiger partial charge in [0.05, 0.1) is 5.69 Å². The predicted octanol–water partition coefficient (Wildman–Crippen LogP) is 1.56. The molecule has 0 aliphatic rings. The number of nitrogens with one attached hydrogen (secondary N) is 1. The van der Waals surface area contributed by atoms with Crippen molar-refractivity contribution in [3.8, 4) is 0 Å². The van der Waals surface area contributed by atoms with E-state index in [0.717, 1.165) is 17.0 Å². The first kappa shape index (κ1) is 15.0. The van der Waals surface area contributed by atoms with E-state index in [4.69, 9.17) is 11.6 Å². The zero-order chi connectivity index (χ0) is 14.9. The molecule has 8 heteroatoms. The van der Waals surface area contributed by atoms with Crippen LogP contribution in [0.5, 0.6) is 0 Å². The summed E-state index contributed by atoms with van der Waals surface area (Å²) in [5, 5.41) is 4.20. The summed E-state index contributed by atoms with van der Waals surface area (Å²) in [5.41, 5.74) is 2.57. The van der Waals surface area contributed by atoms with Gasteiger partial charge in [-0.1, -0.05) is 11.6 Å². The maximum absolute atomic E-state index is 12.2. The molecule has 0 fully saturated rings. The van der Waals surface area contributed by atoms with Crippen LogP contribution in [0.25, 0.3) is 0 Å². The lowest BCUT2D eigenvalue weighted by molar-refractivity contribution is 0.580. The van der Waals surface area contributed by atoms with Gasteiger partial charge >= 0.3 is 0 Å². The van der Waals surface area contributed by atoms with Gasteiger partial charge in [0.2, 0.25) is 10.0 Å². The summed E-state index contributed by atoms with van der Waals surface area (Å²) in [6.45, 7) is 3.90. The van der Waals surface area contributed by atoms with Crippen molar-refractivity contribution in [2.24, 2.45) is 7.05 Å². The molecule has 0 aliphatic heterocycles. The maximum atomic E-state index is 12.2. The molecule has 1 N–H and O–H groups in total. The summed E-state index contributed by atoms with van der Waals surface area (Å²) < 4.78 is 28.6. The highest BCUT2D eigenvalue weighted by Crippen LogP contribution is 2.19. The molecule has 0 atom stereocenters. The standard InChI is InChI=1S/C12H15ClN4O2S/c1-8-10(9(2)17(3)16-8)7-15-20(18,19)11-5-4-6-14-12(11)13/h4-6,15H,7H2,1-3H3. The molecular formula is C12H15ClN4O2S. The van der Waals surface area contributed by atoms with Crippen LogP contribution in [0, 0.1) is 13.8 Å². The molecule has 2 aromatic heterocycles. The largest absolute Gasteiger partial charge is 0.272 e. The van der Waals surface area contributed by atoms with E-state index in [1.54, 1.807) is 4.68 Å². The van der Waals surface area contributed by atoms with Gasteiger partial charge in [-0.25, -0.2) is 18.1 Å². The van der Waals surface area contributed by atoms with Crippen LogP contribution >= 0.6 is 11.6 Å². The van der Waals surface area contributed by atoms with Crippen LogP contribution < -0.4 is 4.72 Å². The summed E-state index contributed by atoms with van der Waals surface area (Å²) in [6.07, 6.45) is 1.44. The van der Waals surface area contributed by atoms with Crippen molar-refractivity contribution >= 4 is 21.6 Å². The van der Waals surface area contributed by atoms with Crippen molar-refractivity contribution in [2.45, 2.75) is 25.3 Å². The van der Waals surface area contributed by atoms with E-state index in [1.165, 1.54) is 18.3 Å². The third-order valence-corrected chi connectivity index (χ3v) is 4.96. The lowest BCUT2D eigenvalue weighted by atomic mass is 10.2. The van der Waals surface area contributed by atoms with Gasteiger partial charge in [-0.15, -0.1) is 0 Å². The Morgan fingerprint density at radius 3 is 2.65 bits per heavy atom. The van der Waals surface area contributed by atoms with E-state index >= 15 is 0 Å². The average Bonchev–Trinajstić information content (AvgIpc) is 2.61. The third kappa shape index (κ3) is 2.84. The average molecular weight is 315 g/mol.